The summed E-state index contributed by atoms with van der Waals surface area (Å²) >= 11 is 0. The number of nitrogens with one attached hydrogen (secondary N) is 2. The minimum atomic E-state index is -0.141. The van der Waals surface area contributed by atoms with Gasteiger partial charge >= 0.3 is 0 Å². The van der Waals surface area contributed by atoms with E-state index >= 15 is 0 Å². The molecule has 1 aliphatic heterocycles. The Bertz CT molecular complexity index is 164. The molecule has 5 heteroatoms. The molecule has 0 bridgehead atoms. The van der Waals surface area contributed by atoms with Crippen molar-refractivity contribution >= 4 is 5.91 Å². The smallest absolute Gasteiger partial charge is 0.217 e. The second-order valence-electron chi connectivity index (χ2n) is 2.97. The van der Waals surface area contributed by atoms with Crippen LogP contribution in [0.3, 0.4) is 0 Å². The molecule has 1 heterocycles. The van der Waals surface area contributed by atoms with Gasteiger partial charge in [-0.15, -0.1) is 0 Å². The van der Waals surface area contributed by atoms with E-state index in [1.54, 1.807) is 0 Å². The molecular formula is C7H14N2O3. The summed E-state index contributed by atoms with van der Waals surface area (Å²) < 4.78 is 0. The van der Waals surface area contributed by atoms with E-state index in [0.717, 1.165) is 0 Å². The molecule has 0 aromatic heterocycles. The molecule has 4 N–H and O–H groups in total. The topological polar surface area (TPSA) is 81.6 Å². The summed E-state index contributed by atoms with van der Waals surface area (Å²) in [7, 11) is 0. The van der Waals surface area contributed by atoms with Crippen LogP contribution >= 0.6 is 0 Å². The van der Waals surface area contributed by atoms with Crippen LogP contribution in [0, 0.1) is 0 Å². The molecule has 1 fully saturated rings. The number of carbonyl (C=O) groups is 1. The van der Waals surface area contributed by atoms with Crippen LogP contribution in [0.15, 0.2) is 0 Å². The predicted octanol–water partition coefficient (Wildman–Crippen LogP) is -2.18. The van der Waals surface area contributed by atoms with Crippen LogP contribution in [0.2, 0.25) is 0 Å². The van der Waals surface area contributed by atoms with E-state index in [1.807, 2.05) is 0 Å². The summed E-state index contributed by atoms with van der Waals surface area (Å²) in [5.74, 6) is -0.140. The van der Waals surface area contributed by atoms with E-state index in [2.05, 4.69) is 10.6 Å². The van der Waals surface area contributed by atoms with E-state index in [0.29, 0.717) is 0 Å². The lowest BCUT2D eigenvalue weighted by Gasteiger charge is -2.44. The van der Waals surface area contributed by atoms with E-state index < -0.39 is 0 Å². The number of carbonyl (C=O) groups excluding carboxylic acids is 1. The number of hydrogen-bond acceptors (Lipinski definition) is 4. The monoisotopic (exact) mass is 174 g/mol. The van der Waals surface area contributed by atoms with Crippen molar-refractivity contribution in [1.29, 1.82) is 0 Å². The first-order valence-electron chi connectivity index (χ1n) is 3.94. The fourth-order valence-corrected chi connectivity index (χ4v) is 1.41. The highest BCUT2D eigenvalue weighted by Gasteiger charge is 2.39. The zero-order valence-electron chi connectivity index (χ0n) is 6.95. The summed E-state index contributed by atoms with van der Waals surface area (Å²) in [6.07, 6.45) is 0. The Balaban J connectivity index is 2.40. The van der Waals surface area contributed by atoms with E-state index in [4.69, 9.17) is 10.2 Å². The fourth-order valence-electron chi connectivity index (χ4n) is 1.41. The van der Waals surface area contributed by atoms with Gasteiger partial charge in [-0.3, -0.25) is 4.79 Å². The third kappa shape index (κ3) is 1.74. The van der Waals surface area contributed by atoms with Gasteiger partial charge in [-0.25, -0.2) is 0 Å². The van der Waals surface area contributed by atoms with Gasteiger partial charge in [-0.2, -0.15) is 0 Å². The van der Waals surface area contributed by atoms with Gasteiger partial charge in [0.25, 0.3) is 0 Å². The fraction of sp³-hybridized carbons (Fsp3) is 0.857. The number of hydrogen-bond donors (Lipinski definition) is 4. The molecule has 1 saturated heterocycles. The second kappa shape index (κ2) is 3.84. The van der Waals surface area contributed by atoms with Gasteiger partial charge in [-0.05, 0) is 0 Å². The molecule has 12 heavy (non-hydrogen) atoms. The van der Waals surface area contributed by atoms with Crippen molar-refractivity contribution in [2.45, 2.75) is 25.0 Å². The molecule has 1 amide bonds. The highest BCUT2D eigenvalue weighted by atomic mass is 16.3. The Hall–Kier alpha value is -0.650. The van der Waals surface area contributed by atoms with Crippen LogP contribution < -0.4 is 10.6 Å². The molecule has 0 aromatic rings. The van der Waals surface area contributed by atoms with Crippen LogP contribution in [0.25, 0.3) is 0 Å². The summed E-state index contributed by atoms with van der Waals surface area (Å²) in [6.45, 7) is 1.37. The zero-order valence-corrected chi connectivity index (χ0v) is 6.95. The first-order valence-corrected chi connectivity index (χ1v) is 3.94. The lowest BCUT2D eigenvalue weighted by molar-refractivity contribution is -0.121. The zero-order chi connectivity index (χ0) is 9.14. The van der Waals surface area contributed by atoms with Gasteiger partial charge in [0.1, 0.15) is 0 Å². The lowest BCUT2D eigenvalue weighted by atomic mass is 9.91. The lowest BCUT2D eigenvalue weighted by Crippen LogP contribution is -2.73. The van der Waals surface area contributed by atoms with Gasteiger partial charge in [-0.1, -0.05) is 0 Å². The van der Waals surface area contributed by atoms with Gasteiger partial charge in [0, 0.05) is 6.92 Å². The average Bonchev–Trinajstić information content (AvgIpc) is 2.00. The normalized spacial score (nSPS) is 34.1. The first kappa shape index (κ1) is 9.44. The van der Waals surface area contributed by atoms with Gasteiger partial charge < -0.3 is 20.8 Å². The Labute approximate surface area is 70.8 Å². The number of rotatable bonds is 3. The van der Waals surface area contributed by atoms with Crippen molar-refractivity contribution < 1.29 is 15.0 Å². The largest absolute Gasteiger partial charge is 0.395 e. The van der Waals surface area contributed by atoms with Crippen molar-refractivity contribution in [2.75, 3.05) is 13.2 Å². The van der Waals surface area contributed by atoms with Crippen molar-refractivity contribution in [3.05, 3.63) is 0 Å². The maximum atomic E-state index is 10.7. The molecule has 5 nitrogen and oxygen atoms in total. The molecule has 1 rings (SSSR count). The van der Waals surface area contributed by atoms with Crippen molar-refractivity contribution in [3.8, 4) is 0 Å². The van der Waals surface area contributed by atoms with Gasteiger partial charge in [0.2, 0.25) is 5.91 Å². The highest BCUT2D eigenvalue weighted by molar-refractivity contribution is 5.73. The van der Waals surface area contributed by atoms with Gasteiger partial charge in [0.05, 0.1) is 31.3 Å². The molecule has 0 saturated carbocycles. The quantitative estimate of drug-likeness (QED) is 0.392. The van der Waals surface area contributed by atoms with Crippen LogP contribution in [-0.4, -0.2) is 47.5 Å². The molecule has 70 valence electrons. The Morgan fingerprint density at radius 2 is 1.92 bits per heavy atom. The van der Waals surface area contributed by atoms with Crippen molar-refractivity contribution in [3.63, 3.8) is 0 Å². The predicted molar refractivity (Wildman–Crippen MR) is 42.5 cm³/mol. The third-order valence-corrected chi connectivity index (χ3v) is 2.06. The van der Waals surface area contributed by atoms with Crippen LogP contribution in [0.5, 0.6) is 0 Å². The number of aliphatic hydroxyl groups is 2. The summed E-state index contributed by atoms with van der Waals surface area (Å²) in [6, 6.07) is -0.380. The van der Waals surface area contributed by atoms with Crippen LogP contribution in [-0.2, 0) is 4.79 Å². The highest BCUT2D eigenvalue weighted by Crippen LogP contribution is 2.11. The number of aliphatic hydroxyl groups excluding tert-OH is 2. The summed E-state index contributed by atoms with van der Waals surface area (Å²) in [4.78, 5) is 10.7. The molecule has 3 atom stereocenters. The van der Waals surface area contributed by atoms with Crippen LogP contribution in [0.4, 0.5) is 0 Å². The van der Waals surface area contributed by atoms with E-state index in [9.17, 15) is 4.79 Å². The molecule has 0 aliphatic carbocycles. The third-order valence-electron chi connectivity index (χ3n) is 2.06. The molecule has 1 unspecified atom stereocenters. The molecular weight excluding hydrogens is 160 g/mol. The van der Waals surface area contributed by atoms with E-state index in [-0.39, 0.29) is 37.2 Å². The Kier molecular flexibility index (Phi) is 3.02. The van der Waals surface area contributed by atoms with Crippen molar-refractivity contribution in [2.24, 2.45) is 0 Å². The van der Waals surface area contributed by atoms with Crippen LogP contribution in [0.1, 0.15) is 6.92 Å². The standard InChI is InChI=1S/C7H14N2O3/c1-4(12)8-7-5(2-10)9-6(7)3-11/h5-7,9-11H,2-3H2,1H3,(H,8,12)/t5-,6+,7?. The molecule has 1 aliphatic rings. The SMILES string of the molecule is CC(=O)NC1[C@H](CO)N[C@@H]1CO. The minimum Gasteiger partial charge on any atom is -0.395 e. The van der Waals surface area contributed by atoms with E-state index in [1.165, 1.54) is 6.92 Å². The second-order valence-corrected chi connectivity index (χ2v) is 2.97. The minimum absolute atomic E-state index is 0.0263. The first-order chi connectivity index (χ1) is 5.69. The Morgan fingerprint density at radius 1 is 1.42 bits per heavy atom. The maximum absolute atomic E-state index is 10.7. The maximum Gasteiger partial charge on any atom is 0.217 e. The average molecular weight is 174 g/mol. The summed E-state index contributed by atoms with van der Waals surface area (Å²) in [5.41, 5.74) is 0. The molecule has 0 aromatic carbocycles. The molecule has 0 spiro atoms. The Morgan fingerprint density at radius 3 is 2.25 bits per heavy atom. The van der Waals surface area contributed by atoms with Gasteiger partial charge in [0.15, 0.2) is 0 Å². The van der Waals surface area contributed by atoms with Crippen molar-refractivity contribution in [1.82, 2.24) is 10.6 Å². The molecule has 0 radical (unpaired) electrons. The number of amides is 1. The summed E-state index contributed by atoms with van der Waals surface area (Å²) in [5, 5.41) is 23.2.